The summed E-state index contributed by atoms with van der Waals surface area (Å²) in [5.41, 5.74) is 4.75. The molecule has 1 aromatic carbocycles. The minimum absolute atomic E-state index is 0.0841. The van der Waals surface area contributed by atoms with Gasteiger partial charge in [0.2, 0.25) is 0 Å². The van der Waals surface area contributed by atoms with Gasteiger partial charge in [-0.2, -0.15) is 0 Å². The minimum atomic E-state index is -0.651. The lowest BCUT2D eigenvalue weighted by Gasteiger charge is -2.29. The minimum Gasteiger partial charge on any atom is -0.472 e. The second kappa shape index (κ2) is 10.7. The Balaban J connectivity index is 1.43. The van der Waals surface area contributed by atoms with Crippen LogP contribution in [0.2, 0.25) is 0 Å². The van der Waals surface area contributed by atoms with Gasteiger partial charge in [0.25, 0.3) is 0 Å². The molecule has 3 aromatic rings. The van der Waals surface area contributed by atoms with E-state index in [1.165, 1.54) is 19.6 Å². The topological polar surface area (TPSA) is 95.6 Å². The van der Waals surface area contributed by atoms with Gasteiger partial charge in [-0.3, -0.25) is 0 Å². The lowest BCUT2D eigenvalue weighted by molar-refractivity contribution is -0.138. The van der Waals surface area contributed by atoms with Crippen molar-refractivity contribution >= 4 is 18.0 Å². The van der Waals surface area contributed by atoms with E-state index in [1.54, 1.807) is 38.5 Å². The predicted octanol–water partition coefficient (Wildman–Crippen LogP) is 4.19. The van der Waals surface area contributed by atoms with Gasteiger partial charge in [-0.25, -0.2) is 14.6 Å². The number of methoxy groups -OCH3 is 1. The van der Waals surface area contributed by atoms with Crippen molar-refractivity contribution in [3.05, 3.63) is 107 Å². The van der Waals surface area contributed by atoms with Crippen LogP contribution in [0.1, 0.15) is 36.5 Å². The number of dihydropyridines is 1. The highest BCUT2D eigenvalue weighted by atomic mass is 16.5. The van der Waals surface area contributed by atoms with Crippen LogP contribution < -0.4 is 5.32 Å². The van der Waals surface area contributed by atoms with Crippen molar-refractivity contribution in [2.24, 2.45) is 0 Å². The van der Waals surface area contributed by atoms with E-state index in [9.17, 15) is 9.59 Å². The molecule has 4 rings (SSSR count). The molecule has 0 amide bonds. The summed E-state index contributed by atoms with van der Waals surface area (Å²) in [6, 6.07) is 9.84. The smallest absolute Gasteiger partial charge is 0.337 e. The van der Waals surface area contributed by atoms with E-state index in [4.69, 9.17) is 13.9 Å². The maximum atomic E-state index is 13.1. The Bertz CT molecular complexity index is 1270. The molecule has 1 N–H and O–H groups in total. The highest BCUT2D eigenvalue weighted by molar-refractivity contribution is 5.99. The van der Waals surface area contributed by atoms with E-state index in [2.05, 4.69) is 10.3 Å². The molecule has 8 nitrogen and oxygen atoms in total. The summed E-state index contributed by atoms with van der Waals surface area (Å²) in [5.74, 6) is -1.69. The van der Waals surface area contributed by atoms with Crippen molar-refractivity contribution in [2.45, 2.75) is 26.3 Å². The molecule has 1 aliphatic rings. The Kier molecular flexibility index (Phi) is 7.30. The Hall–Kier alpha value is -4.33. The molecular formula is C27H27N3O5. The molecule has 0 saturated heterocycles. The van der Waals surface area contributed by atoms with Gasteiger partial charge in [0.1, 0.15) is 6.61 Å². The molecule has 8 heteroatoms. The molecule has 0 radical (unpaired) electrons. The molecule has 0 fully saturated rings. The first-order valence-electron chi connectivity index (χ1n) is 11.1. The van der Waals surface area contributed by atoms with Gasteiger partial charge >= 0.3 is 11.9 Å². The number of esters is 2. The zero-order valence-electron chi connectivity index (χ0n) is 19.9. The molecule has 3 heterocycles. The molecule has 1 unspecified atom stereocenters. The first-order valence-corrected chi connectivity index (χ1v) is 11.1. The van der Waals surface area contributed by atoms with E-state index in [-0.39, 0.29) is 6.61 Å². The number of allylic oxidation sites excluding steroid dienone is 2. The zero-order chi connectivity index (χ0) is 24.8. The maximum Gasteiger partial charge on any atom is 0.337 e. The molecule has 0 aliphatic carbocycles. The third kappa shape index (κ3) is 5.43. The Labute approximate surface area is 203 Å². The number of aromatic nitrogens is 2. The SMILES string of the molecule is COC(=O)C1=C(C)NC(C)=C(C(=O)OC/C=C/c2ccc(Cn3ccnc3)cc2)C1c1ccoc1. The van der Waals surface area contributed by atoms with Crippen LogP contribution in [-0.2, 0) is 25.6 Å². The summed E-state index contributed by atoms with van der Waals surface area (Å²) in [7, 11) is 1.31. The van der Waals surface area contributed by atoms with Gasteiger partial charge in [-0.1, -0.05) is 30.3 Å². The van der Waals surface area contributed by atoms with Crippen molar-refractivity contribution in [1.29, 1.82) is 0 Å². The van der Waals surface area contributed by atoms with Crippen LogP contribution in [-0.4, -0.2) is 35.2 Å². The number of carbonyl (C=O) groups is 2. The number of benzene rings is 1. The van der Waals surface area contributed by atoms with Crippen LogP contribution in [0, 0.1) is 0 Å². The first-order chi connectivity index (χ1) is 17.0. The largest absolute Gasteiger partial charge is 0.472 e. The van der Waals surface area contributed by atoms with Gasteiger partial charge in [-0.05, 0) is 37.1 Å². The second-order valence-corrected chi connectivity index (χ2v) is 8.16. The van der Waals surface area contributed by atoms with Crippen molar-refractivity contribution in [3.8, 4) is 0 Å². The summed E-state index contributed by atoms with van der Waals surface area (Å²) >= 11 is 0. The van der Waals surface area contributed by atoms with Crippen molar-refractivity contribution < 1.29 is 23.5 Å². The number of nitrogens with zero attached hydrogens (tertiary/aromatic N) is 2. The number of ether oxygens (including phenoxy) is 2. The third-order valence-electron chi connectivity index (χ3n) is 5.79. The highest BCUT2D eigenvalue weighted by Gasteiger charge is 2.38. The first kappa shape index (κ1) is 23.8. The fourth-order valence-corrected chi connectivity index (χ4v) is 4.13. The summed E-state index contributed by atoms with van der Waals surface area (Å²) in [5, 5.41) is 3.11. The zero-order valence-corrected chi connectivity index (χ0v) is 19.9. The molecule has 0 spiro atoms. The van der Waals surface area contributed by atoms with Crippen molar-refractivity contribution in [1.82, 2.24) is 14.9 Å². The summed E-state index contributed by atoms with van der Waals surface area (Å²) in [6.07, 6.45) is 12.2. The molecule has 2 aromatic heterocycles. The molecule has 0 saturated carbocycles. The molecule has 180 valence electrons. The Morgan fingerprint density at radius 2 is 1.86 bits per heavy atom. The van der Waals surface area contributed by atoms with E-state index < -0.39 is 17.9 Å². The van der Waals surface area contributed by atoms with E-state index in [0.717, 1.165) is 17.7 Å². The van der Waals surface area contributed by atoms with E-state index in [1.807, 2.05) is 41.1 Å². The summed E-state index contributed by atoms with van der Waals surface area (Å²) < 4.78 is 17.8. The van der Waals surface area contributed by atoms with E-state index in [0.29, 0.717) is 28.1 Å². The van der Waals surface area contributed by atoms with Gasteiger partial charge in [0, 0.05) is 35.9 Å². The number of nitrogens with one attached hydrogen (secondary N) is 1. The van der Waals surface area contributed by atoms with Gasteiger partial charge in [0.05, 0.1) is 43.0 Å². The number of rotatable bonds is 8. The number of imidazole rings is 1. The third-order valence-corrected chi connectivity index (χ3v) is 5.79. The van der Waals surface area contributed by atoms with Gasteiger partial charge < -0.3 is 23.8 Å². The lowest BCUT2D eigenvalue weighted by Crippen LogP contribution is -2.32. The fraction of sp³-hybridized carbons (Fsp3) is 0.222. The molecule has 1 aliphatic heterocycles. The number of carbonyl (C=O) groups excluding carboxylic acids is 2. The second-order valence-electron chi connectivity index (χ2n) is 8.16. The number of hydrogen-bond acceptors (Lipinski definition) is 7. The molecular weight excluding hydrogens is 446 g/mol. The lowest BCUT2D eigenvalue weighted by atomic mass is 9.81. The van der Waals surface area contributed by atoms with Crippen LogP contribution >= 0.6 is 0 Å². The average molecular weight is 474 g/mol. The van der Waals surface area contributed by atoms with Crippen LogP contribution in [0.4, 0.5) is 0 Å². The Morgan fingerprint density at radius 3 is 2.49 bits per heavy atom. The van der Waals surface area contributed by atoms with Crippen molar-refractivity contribution in [3.63, 3.8) is 0 Å². The van der Waals surface area contributed by atoms with Crippen LogP contribution in [0.15, 0.2) is 94.6 Å². The summed E-state index contributed by atoms with van der Waals surface area (Å²) in [6.45, 7) is 4.39. The molecule has 0 bridgehead atoms. The van der Waals surface area contributed by atoms with E-state index >= 15 is 0 Å². The Morgan fingerprint density at radius 1 is 1.11 bits per heavy atom. The van der Waals surface area contributed by atoms with Crippen LogP contribution in [0.25, 0.3) is 6.08 Å². The maximum absolute atomic E-state index is 13.1. The van der Waals surface area contributed by atoms with Crippen molar-refractivity contribution in [2.75, 3.05) is 13.7 Å². The fourth-order valence-electron chi connectivity index (χ4n) is 4.13. The standard InChI is InChI=1S/C27H27N3O5/c1-18-23(26(31)33-3)25(22-10-14-34-16-22)24(19(2)29-18)27(32)35-13-4-5-20-6-8-21(9-7-20)15-30-12-11-28-17-30/h4-12,14,16-17,25,29H,13,15H2,1-3H3/b5-4+. The predicted molar refractivity (Wildman–Crippen MR) is 130 cm³/mol. The average Bonchev–Trinajstić information content (AvgIpc) is 3.56. The molecule has 35 heavy (non-hydrogen) atoms. The van der Waals surface area contributed by atoms with Crippen LogP contribution in [0.3, 0.4) is 0 Å². The number of hydrogen-bond donors (Lipinski definition) is 1. The van der Waals surface area contributed by atoms with Crippen LogP contribution in [0.5, 0.6) is 0 Å². The highest BCUT2D eigenvalue weighted by Crippen LogP contribution is 2.39. The van der Waals surface area contributed by atoms with Gasteiger partial charge in [0.15, 0.2) is 0 Å². The number of furan rings is 1. The normalized spacial score (nSPS) is 15.9. The monoisotopic (exact) mass is 473 g/mol. The summed E-state index contributed by atoms with van der Waals surface area (Å²) in [4.78, 5) is 29.7. The molecule has 1 atom stereocenters. The quantitative estimate of drug-likeness (QED) is 0.490. The van der Waals surface area contributed by atoms with Gasteiger partial charge in [-0.15, -0.1) is 0 Å².